The number of hydrogen-bond acceptors (Lipinski definition) is 4. The molecule has 0 spiro atoms. The van der Waals surface area contributed by atoms with Crippen LogP contribution in [0.3, 0.4) is 0 Å². The predicted octanol–water partition coefficient (Wildman–Crippen LogP) is 3.82. The van der Waals surface area contributed by atoms with Gasteiger partial charge in [0.1, 0.15) is 0 Å². The minimum Gasteiger partial charge on any atom is -0.356 e. The lowest BCUT2D eigenvalue weighted by Crippen LogP contribution is -2.28. The maximum absolute atomic E-state index is 5.47. The van der Waals surface area contributed by atoms with Gasteiger partial charge in [-0.2, -0.15) is 0 Å². The Labute approximate surface area is 167 Å². The highest BCUT2D eigenvalue weighted by Crippen LogP contribution is 2.18. The molecule has 8 bridgehead atoms. The summed E-state index contributed by atoms with van der Waals surface area (Å²) in [4.78, 5) is 26.9. The van der Waals surface area contributed by atoms with Crippen LogP contribution in [-0.2, 0) is 9.69 Å². The van der Waals surface area contributed by atoms with Gasteiger partial charge >= 0.3 is 6.92 Å². The van der Waals surface area contributed by atoms with Gasteiger partial charge in [0.15, 0.2) is 0 Å². The predicted molar refractivity (Wildman–Crippen MR) is 116 cm³/mol. The third kappa shape index (κ3) is 3.20. The van der Waals surface area contributed by atoms with E-state index in [9.17, 15) is 0 Å². The van der Waals surface area contributed by atoms with Gasteiger partial charge in [0.2, 0.25) is 0 Å². The van der Waals surface area contributed by atoms with E-state index in [1.165, 1.54) is 0 Å². The minimum atomic E-state index is -0.0816. The highest BCUT2D eigenvalue weighted by atomic mass is 17.2. The van der Waals surface area contributed by atoms with E-state index in [0.717, 1.165) is 56.6 Å². The van der Waals surface area contributed by atoms with E-state index >= 15 is 0 Å². The van der Waals surface area contributed by atoms with Crippen molar-refractivity contribution in [3.8, 4) is 0 Å². The summed E-state index contributed by atoms with van der Waals surface area (Å²) >= 11 is 0. The summed E-state index contributed by atoms with van der Waals surface area (Å²) in [7, 11) is 0. The summed E-state index contributed by atoms with van der Waals surface area (Å²) < 4.78 is 0. The Hall–Kier alpha value is -3.42. The van der Waals surface area contributed by atoms with Crippen molar-refractivity contribution in [2.75, 3.05) is 6.61 Å². The molecule has 3 aromatic heterocycles. The third-order valence-electron chi connectivity index (χ3n) is 5.20. The van der Waals surface area contributed by atoms with Crippen LogP contribution in [0.1, 0.15) is 22.8 Å². The molecule has 0 saturated carbocycles. The fourth-order valence-corrected chi connectivity index (χ4v) is 3.85. The Morgan fingerprint density at radius 3 is 2.14 bits per heavy atom. The van der Waals surface area contributed by atoms with Crippen molar-refractivity contribution < 1.29 is 9.69 Å². The van der Waals surface area contributed by atoms with E-state index in [1.807, 2.05) is 36.4 Å². The second-order valence-corrected chi connectivity index (χ2v) is 7.33. The van der Waals surface area contributed by atoms with E-state index in [4.69, 9.17) is 14.7 Å². The van der Waals surface area contributed by atoms with Crippen LogP contribution in [0.15, 0.2) is 42.5 Å². The van der Waals surface area contributed by atoms with Crippen LogP contribution in [0.5, 0.6) is 0 Å². The van der Waals surface area contributed by atoms with Crippen molar-refractivity contribution >= 4 is 58.7 Å². The quantitative estimate of drug-likeness (QED) is 0.343. The first kappa shape index (κ1) is 16.5. The summed E-state index contributed by atoms with van der Waals surface area (Å²) in [6.07, 6.45) is 8.86. The molecular weight excluding hydrogens is 363 g/mol. The van der Waals surface area contributed by atoms with Crippen LogP contribution in [-0.4, -0.2) is 33.5 Å². The second kappa shape index (κ2) is 6.58. The van der Waals surface area contributed by atoms with Gasteiger partial charge in [0.05, 0.1) is 29.4 Å². The van der Waals surface area contributed by atoms with E-state index in [0.29, 0.717) is 6.61 Å². The monoisotopic (exact) mass is 380 g/mol. The van der Waals surface area contributed by atoms with E-state index in [1.54, 1.807) is 0 Å². The Bertz CT molecular complexity index is 1330. The standard InChI is InChI=1S/C22H17BN4O2/c1-2-15-10-17-5-6-19(26-17)13-22-21(23-7-8-28-29-23)12-20(27-22)11-18-4-3-16(25-18)9-14(1)24-15/h1-6,9-13,25,27H,7-8H2. The SMILES string of the molecule is C1=Cc2cc3ccc(cc4cc(B5CCOO5)c(cc5nc(cc1n2)C=C5)[nH]4)[nH]3. The van der Waals surface area contributed by atoms with E-state index < -0.39 is 0 Å². The topological polar surface area (TPSA) is 75.8 Å². The molecule has 140 valence electrons. The van der Waals surface area contributed by atoms with Crippen LogP contribution >= 0.6 is 0 Å². The zero-order valence-electron chi connectivity index (χ0n) is 15.6. The number of nitrogens with zero attached hydrogens (tertiary/aromatic N) is 2. The molecule has 2 N–H and O–H groups in total. The average Bonchev–Trinajstić information content (AvgIpc) is 3.50. The summed E-state index contributed by atoms with van der Waals surface area (Å²) in [6.45, 7) is 0.522. The van der Waals surface area contributed by atoms with Crippen molar-refractivity contribution in [2.45, 2.75) is 6.32 Å². The Morgan fingerprint density at radius 1 is 0.724 bits per heavy atom. The first-order valence-corrected chi connectivity index (χ1v) is 9.65. The highest BCUT2D eigenvalue weighted by molar-refractivity contribution is 6.69. The van der Waals surface area contributed by atoms with E-state index in [2.05, 4.69) is 45.3 Å². The molecule has 3 aliphatic rings. The van der Waals surface area contributed by atoms with Crippen LogP contribution in [0, 0.1) is 0 Å². The molecule has 0 atom stereocenters. The molecule has 6 heterocycles. The van der Waals surface area contributed by atoms with Crippen LogP contribution in [0.2, 0.25) is 6.32 Å². The number of hydrogen-bond donors (Lipinski definition) is 2. The third-order valence-corrected chi connectivity index (χ3v) is 5.20. The van der Waals surface area contributed by atoms with Crippen molar-refractivity contribution in [1.29, 1.82) is 0 Å². The van der Waals surface area contributed by atoms with Gasteiger partial charge in [-0.3, -0.25) is 9.69 Å². The summed E-state index contributed by atoms with van der Waals surface area (Å²) in [5, 5.41) is 0. The molecule has 3 aliphatic heterocycles. The van der Waals surface area contributed by atoms with Crippen LogP contribution < -0.4 is 5.46 Å². The van der Waals surface area contributed by atoms with Gasteiger partial charge in [-0.25, -0.2) is 9.97 Å². The molecule has 3 aromatic rings. The summed E-state index contributed by atoms with van der Waals surface area (Å²) in [6, 6.07) is 14.4. The summed E-state index contributed by atoms with van der Waals surface area (Å²) in [5.41, 5.74) is 8.65. The smallest absolute Gasteiger partial charge is 0.356 e. The number of H-pyrrole nitrogens is 2. The fraction of sp³-hybridized carbons (Fsp3) is 0.0909. The van der Waals surface area contributed by atoms with Crippen molar-refractivity contribution in [2.24, 2.45) is 0 Å². The van der Waals surface area contributed by atoms with Gasteiger partial charge in [-0.15, -0.1) is 0 Å². The lowest BCUT2D eigenvalue weighted by atomic mass is 9.59. The largest absolute Gasteiger partial charge is 0.377 e. The number of rotatable bonds is 1. The first-order valence-electron chi connectivity index (χ1n) is 9.65. The Morgan fingerprint density at radius 2 is 1.41 bits per heavy atom. The van der Waals surface area contributed by atoms with Gasteiger partial charge in [-0.1, -0.05) is 0 Å². The molecule has 6 nitrogen and oxygen atoms in total. The molecule has 7 heteroatoms. The van der Waals surface area contributed by atoms with Crippen molar-refractivity contribution in [3.05, 3.63) is 65.2 Å². The lowest BCUT2D eigenvalue weighted by molar-refractivity contribution is -0.184. The fourth-order valence-electron chi connectivity index (χ4n) is 3.85. The molecule has 0 aliphatic carbocycles. The molecule has 0 amide bonds. The Balaban J connectivity index is 1.65. The molecule has 1 fully saturated rings. The zero-order chi connectivity index (χ0) is 19.2. The number of fused-ring (bicyclic) bond motifs is 8. The lowest BCUT2D eigenvalue weighted by Gasteiger charge is -1.99. The number of aromatic amines is 2. The molecule has 29 heavy (non-hydrogen) atoms. The first-order chi connectivity index (χ1) is 14.3. The van der Waals surface area contributed by atoms with Gasteiger partial charge in [0.25, 0.3) is 0 Å². The second-order valence-electron chi connectivity index (χ2n) is 7.33. The van der Waals surface area contributed by atoms with Crippen molar-refractivity contribution in [3.63, 3.8) is 0 Å². The van der Waals surface area contributed by atoms with Gasteiger partial charge < -0.3 is 9.97 Å². The molecule has 0 radical (unpaired) electrons. The van der Waals surface area contributed by atoms with Crippen LogP contribution in [0.25, 0.3) is 46.4 Å². The van der Waals surface area contributed by atoms with Crippen LogP contribution in [0.4, 0.5) is 0 Å². The molecule has 6 rings (SSSR count). The average molecular weight is 380 g/mol. The maximum atomic E-state index is 5.47. The molecule has 0 unspecified atom stereocenters. The molecular formula is C22H17BN4O2. The summed E-state index contributed by atoms with van der Waals surface area (Å²) in [5.74, 6) is 0. The molecule has 0 aromatic carbocycles. The number of aromatic nitrogens is 4. The minimum absolute atomic E-state index is 0.0816. The zero-order valence-corrected chi connectivity index (χ0v) is 15.6. The highest BCUT2D eigenvalue weighted by Gasteiger charge is 2.28. The maximum Gasteiger partial charge on any atom is 0.377 e. The van der Waals surface area contributed by atoms with Crippen molar-refractivity contribution in [1.82, 2.24) is 19.9 Å². The van der Waals surface area contributed by atoms with E-state index in [-0.39, 0.29) is 6.92 Å². The Kier molecular flexibility index (Phi) is 3.75. The van der Waals surface area contributed by atoms with Gasteiger partial charge in [-0.05, 0) is 78.6 Å². The van der Waals surface area contributed by atoms with Gasteiger partial charge in [0, 0.05) is 22.1 Å². The number of nitrogens with one attached hydrogen (secondary N) is 2. The molecule has 1 saturated heterocycles. The normalized spacial score (nSPS) is 15.4.